The molecule has 1 aliphatic heterocycles. The number of aromatic nitrogens is 4. The summed E-state index contributed by atoms with van der Waals surface area (Å²) < 4.78 is 13.0. The van der Waals surface area contributed by atoms with Crippen LogP contribution in [0.5, 0.6) is 11.6 Å². The fourth-order valence-electron chi connectivity index (χ4n) is 4.04. The van der Waals surface area contributed by atoms with Crippen LogP contribution in [0.2, 0.25) is 0 Å². The quantitative estimate of drug-likeness (QED) is 0.504. The summed E-state index contributed by atoms with van der Waals surface area (Å²) in [5.74, 6) is 2.48. The van der Waals surface area contributed by atoms with E-state index in [1.807, 2.05) is 24.3 Å². The summed E-state index contributed by atoms with van der Waals surface area (Å²) in [6, 6.07) is 8.98. The molecule has 0 bridgehead atoms. The zero-order valence-electron chi connectivity index (χ0n) is 17.6. The molecule has 1 saturated carbocycles. The summed E-state index contributed by atoms with van der Waals surface area (Å²) in [5.41, 5.74) is 2.83. The molecule has 0 atom stereocenters. The molecule has 4 heterocycles. The van der Waals surface area contributed by atoms with E-state index in [1.54, 1.807) is 16.8 Å². The van der Waals surface area contributed by atoms with Crippen LogP contribution in [0.25, 0.3) is 10.9 Å². The summed E-state index contributed by atoms with van der Waals surface area (Å²) in [6.07, 6.45) is 6.24. The first-order valence-electron chi connectivity index (χ1n) is 10.7. The maximum atomic E-state index is 12.8. The Morgan fingerprint density at radius 3 is 3.03 bits per heavy atom. The van der Waals surface area contributed by atoms with E-state index in [4.69, 9.17) is 9.26 Å². The maximum Gasteiger partial charge on any atom is 0.331 e. The van der Waals surface area contributed by atoms with Crippen LogP contribution in [0.15, 0.2) is 47.4 Å². The van der Waals surface area contributed by atoms with Crippen molar-refractivity contribution < 1.29 is 14.1 Å². The van der Waals surface area contributed by atoms with Gasteiger partial charge in [-0.3, -0.25) is 9.88 Å². The zero-order valence-corrected chi connectivity index (χ0v) is 17.6. The van der Waals surface area contributed by atoms with Gasteiger partial charge in [-0.05, 0) is 50.1 Å². The van der Waals surface area contributed by atoms with Crippen molar-refractivity contribution in [2.24, 2.45) is 0 Å². The molecule has 0 saturated heterocycles. The van der Waals surface area contributed by atoms with Crippen molar-refractivity contribution in [2.45, 2.75) is 38.1 Å². The minimum Gasteiger partial charge on any atom is -0.439 e. The summed E-state index contributed by atoms with van der Waals surface area (Å²) in [5, 5.41) is 11.0. The molecule has 9 heteroatoms. The van der Waals surface area contributed by atoms with Crippen molar-refractivity contribution in [1.29, 1.82) is 0 Å². The molecule has 162 valence electrons. The molecular formula is C23H22N6O3. The number of amides is 1. The Balaban J connectivity index is 1.22. The highest BCUT2D eigenvalue weighted by Crippen LogP contribution is 2.48. The van der Waals surface area contributed by atoms with Crippen LogP contribution in [0.3, 0.4) is 0 Å². The Bertz CT molecular complexity index is 1340. The molecular weight excluding hydrogens is 408 g/mol. The molecule has 1 amide bonds. The number of hydrogen-bond acceptors (Lipinski definition) is 7. The van der Waals surface area contributed by atoms with Crippen molar-refractivity contribution in [3.63, 3.8) is 0 Å². The molecule has 1 aromatic carbocycles. The van der Waals surface area contributed by atoms with Crippen LogP contribution in [0, 0.1) is 0 Å². The fourth-order valence-corrected chi connectivity index (χ4v) is 4.04. The number of ether oxygens (including phenoxy) is 1. The minimum atomic E-state index is -0.299. The Morgan fingerprint density at radius 1 is 1.25 bits per heavy atom. The van der Waals surface area contributed by atoms with Gasteiger partial charge in [0, 0.05) is 35.2 Å². The molecule has 4 aromatic rings. The second-order valence-electron chi connectivity index (χ2n) is 8.61. The van der Waals surface area contributed by atoms with E-state index in [9.17, 15) is 4.79 Å². The van der Waals surface area contributed by atoms with E-state index in [0.29, 0.717) is 17.4 Å². The van der Waals surface area contributed by atoms with Gasteiger partial charge in [0.05, 0.1) is 11.2 Å². The first kappa shape index (κ1) is 19.0. The predicted molar refractivity (Wildman–Crippen MR) is 117 cm³/mol. The molecule has 0 radical (unpaired) electrons. The summed E-state index contributed by atoms with van der Waals surface area (Å²) >= 11 is 0. The van der Waals surface area contributed by atoms with Gasteiger partial charge in [-0.15, -0.1) is 0 Å². The normalized spacial score (nSPS) is 16.5. The van der Waals surface area contributed by atoms with Crippen LogP contribution in [-0.2, 0) is 18.4 Å². The third-order valence-corrected chi connectivity index (χ3v) is 6.27. The van der Waals surface area contributed by atoms with Crippen LogP contribution in [0.1, 0.15) is 36.8 Å². The van der Waals surface area contributed by atoms with Crippen LogP contribution >= 0.6 is 0 Å². The van der Waals surface area contributed by atoms with Crippen LogP contribution in [0.4, 0.5) is 10.6 Å². The Labute approximate surface area is 183 Å². The second kappa shape index (κ2) is 7.16. The smallest absolute Gasteiger partial charge is 0.331 e. The van der Waals surface area contributed by atoms with Crippen molar-refractivity contribution in [3.8, 4) is 11.6 Å². The average Bonchev–Trinajstić information content (AvgIpc) is 3.20. The number of benzene rings is 1. The van der Waals surface area contributed by atoms with Gasteiger partial charge in [0.15, 0.2) is 5.82 Å². The highest BCUT2D eigenvalue weighted by atomic mass is 16.5. The van der Waals surface area contributed by atoms with Crippen LogP contribution < -0.4 is 15.4 Å². The summed E-state index contributed by atoms with van der Waals surface area (Å²) in [6.45, 7) is 3.73. The van der Waals surface area contributed by atoms with E-state index in [-0.39, 0.29) is 11.4 Å². The van der Waals surface area contributed by atoms with Gasteiger partial charge < -0.3 is 14.6 Å². The first-order chi connectivity index (χ1) is 15.6. The van der Waals surface area contributed by atoms with Gasteiger partial charge in [0.1, 0.15) is 17.8 Å². The van der Waals surface area contributed by atoms with Gasteiger partial charge >= 0.3 is 6.03 Å². The van der Waals surface area contributed by atoms with Crippen LogP contribution in [-0.4, -0.2) is 32.3 Å². The van der Waals surface area contributed by atoms with E-state index in [2.05, 4.69) is 32.7 Å². The maximum absolute atomic E-state index is 12.8. The summed E-state index contributed by atoms with van der Waals surface area (Å²) in [4.78, 5) is 21.5. The Hall–Kier alpha value is -3.72. The third-order valence-electron chi connectivity index (χ3n) is 6.27. The number of carbonyl (C=O) groups is 1. The molecule has 2 aliphatic rings. The highest BCUT2D eigenvalue weighted by molar-refractivity contribution is 5.98. The first-order valence-corrected chi connectivity index (χ1v) is 10.7. The molecule has 9 nitrogen and oxygen atoms in total. The molecule has 2 N–H and O–H groups in total. The topological polar surface area (TPSA) is 107 Å². The standard InChI is InChI=1S/C23H22N6O3/c1-23(6-7-23)19-11-20(28-32-19)27-22(30)29-9-5-14-10-15(2-3-18(14)29)31-21-16-4-8-24-12-17(16)25-13-26-21/h2-3,5,9-11,13,24H,4,6-8,12H2,1H3,(H,27,28,30). The van der Waals surface area contributed by atoms with Crippen molar-refractivity contribution in [2.75, 3.05) is 11.9 Å². The fraction of sp³-hybridized carbons (Fsp3) is 0.304. The average molecular weight is 430 g/mol. The van der Waals surface area contributed by atoms with Gasteiger partial charge in [0.2, 0.25) is 5.88 Å². The third kappa shape index (κ3) is 3.31. The van der Waals surface area contributed by atoms with E-state index < -0.39 is 0 Å². The Kier molecular flexibility index (Phi) is 4.25. The van der Waals surface area contributed by atoms with Gasteiger partial charge in [0.25, 0.3) is 0 Å². The summed E-state index contributed by atoms with van der Waals surface area (Å²) in [7, 11) is 0. The van der Waals surface area contributed by atoms with E-state index in [0.717, 1.165) is 60.3 Å². The monoisotopic (exact) mass is 430 g/mol. The molecule has 0 spiro atoms. The molecule has 1 aliphatic carbocycles. The molecule has 1 fully saturated rings. The van der Waals surface area contributed by atoms with Gasteiger partial charge in [-0.1, -0.05) is 12.1 Å². The van der Waals surface area contributed by atoms with Gasteiger partial charge in [-0.25, -0.2) is 14.8 Å². The number of hydrogen-bond donors (Lipinski definition) is 2. The molecule has 32 heavy (non-hydrogen) atoms. The zero-order chi connectivity index (χ0) is 21.7. The molecule has 3 aromatic heterocycles. The molecule has 0 unspecified atom stereocenters. The van der Waals surface area contributed by atoms with Crippen molar-refractivity contribution >= 4 is 22.8 Å². The largest absolute Gasteiger partial charge is 0.439 e. The van der Waals surface area contributed by atoms with Crippen molar-refractivity contribution in [3.05, 3.63) is 59.9 Å². The lowest BCUT2D eigenvalue weighted by Crippen LogP contribution is -2.25. The van der Waals surface area contributed by atoms with E-state index >= 15 is 0 Å². The Morgan fingerprint density at radius 2 is 2.16 bits per heavy atom. The second-order valence-corrected chi connectivity index (χ2v) is 8.61. The molecule has 6 rings (SSSR count). The minimum absolute atomic E-state index is 0.0615. The highest BCUT2D eigenvalue weighted by Gasteiger charge is 2.43. The van der Waals surface area contributed by atoms with Crippen molar-refractivity contribution in [1.82, 2.24) is 25.0 Å². The van der Waals surface area contributed by atoms with Gasteiger partial charge in [-0.2, -0.15) is 0 Å². The SMILES string of the molecule is CC1(c2cc(NC(=O)n3ccc4cc(Oc5ncnc6c5CCNC6)ccc43)no2)CC1. The number of rotatable bonds is 4. The lowest BCUT2D eigenvalue weighted by Gasteiger charge is -2.18. The number of nitrogens with one attached hydrogen (secondary N) is 2. The van der Waals surface area contributed by atoms with E-state index in [1.165, 1.54) is 6.33 Å². The number of nitrogens with zero attached hydrogens (tertiary/aromatic N) is 4. The number of anilines is 1. The lowest BCUT2D eigenvalue weighted by atomic mass is 10.1. The predicted octanol–water partition coefficient (Wildman–Crippen LogP) is 3.99. The number of fused-ring (bicyclic) bond motifs is 2. The number of carbonyl (C=O) groups excluding carboxylic acids is 1. The lowest BCUT2D eigenvalue weighted by molar-refractivity contribution is 0.254.